The molecule has 0 aliphatic heterocycles. The number of amides is 2. The summed E-state index contributed by atoms with van der Waals surface area (Å²) in [5, 5.41) is 4.30. The molecule has 2 amide bonds. The molecule has 1 rings (SSSR count). The van der Waals surface area contributed by atoms with Crippen molar-refractivity contribution in [2.75, 3.05) is 18.5 Å². The van der Waals surface area contributed by atoms with Crippen LogP contribution in [0.5, 0.6) is 0 Å². The SMILES string of the molecule is CCOC(=O)CCCNC(=O)Nc1cccc(C(F)(F)F)c1F. The van der Waals surface area contributed by atoms with Crippen LogP contribution in [0, 0.1) is 5.82 Å². The summed E-state index contributed by atoms with van der Waals surface area (Å²) >= 11 is 0. The van der Waals surface area contributed by atoms with E-state index in [-0.39, 0.29) is 26.0 Å². The van der Waals surface area contributed by atoms with Crippen LogP contribution in [0.15, 0.2) is 18.2 Å². The van der Waals surface area contributed by atoms with E-state index in [0.29, 0.717) is 6.07 Å². The van der Waals surface area contributed by atoms with E-state index in [1.165, 1.54) is 0 Å². The van der Waals surface area contributed by atoms with Crippen LogP contribution in [0.4, 0.5) is 28.0 Å². The number of esters is 1. The summed E-state index contributed by atoms with van der Waals surface area (Å²) in [4.78, 5) is 22.6. The first-order valence-electron chi connectivity index (χ1n) is 6.82. The summed E-state index contributed by atoms with van der Waals surface area (Å²) in [5.41, 5.74) is -2.04. The topological polar surface area (TPSA) is 67.4 Å². The van der Waals surface area contributed by atoms with Crippen molar-refractivity contribution in [3.63, 3.8) is 0 Å². The van der Waals surface area contributed by atoms with Crippen molar-refractivity contribution in [1.82, 2.24) is 5.32 Å². The number of carbonyl (C=O) groups excluding carboxylic acids is 2. The highest BCUT2D eigenvalue weighted by Crippen LogP contribution is 2.33. The van der Waals surface area contributed by atoms with Gasteiger partial charge in [0.1, 0.15) is 0 Å². The zero-order valence-corrected chi connectivity index (χ0v) is 12.3. The standard InChI is InChI=1S/C14H16F4N2O3/c1-2-23-11(21)7-4-8-19-13(22)20-10-6-3-5-9(12(10)15)14(16,17)18/h3,5-6H,2,4,7-8H2,1H3,(H2,19,20,22). The van der Waals surface area contributed by atoms with Gasteiger partial charge in [-0.25, -0.2) is 9.18 Å². The molecule has 0 aliphatic rings. The molecule has 0 radical (unpaired) electrons. The van der Waals surface area contributed by atoms with E-state index in [2.05, 4.69) is 10.1 Å². The van der Waals surface area contributed by atoms with E-state index < -0.39 is 35.2 Å². The Morgan fingerprint density at radius 3 is 2.57 bits per heavy atom. The zero-order valence-electron chi connectivity index (χ0n) is 12.3. The van der Waals surface area contributed by atoms with Gasteiger partial charge in [-0.1, -0.05) is 6.07 Å². The normalized spacial score (nSPS) is 11.0. The fourth-order valence-electron chi connectivity index (χ4n) is 1.68. The van der Waals surface area contributed by atoms with Crippen LogP contribution in [-0.4, -0.2) is 25.2 Å². The summed E-state index contributed by atoms with van der Waals surface area (Å²) in [7, 11) is 0. The zero-order chi connectivity index (χ0) is 17.5. The van der Waals surface area contributed by atoms with Gasteiger partial charge in [0.05, 0.1) is 17.9 Å². The van der Waals surface area contributed by atoms with Crippen LogP contribution < -0.4 is 10.6 Å². The molecular weight excluding hydrogens is 320 g/mol. The Kier molecular flexibility index (Phi) is 6.80. The number of ether oxygens (including phenoxy) is 1. The smallest absolute Gasteiger partial charge is 0.419 e. The molecule has 0 unspecified atom stereocenters. The molecule has 0 aromatic heterocycles. The Morgan fingerprint density at radius 1 is 1.26 bits per heavy atom. The van der Waals surface area contributed by atoms with Crippen molar-refractivity contribution in [1.29, 1.82) is 0 Å². The molecule has 1 aromatic carbocycles. The lowest BCUT2D eigenvalue weighted by atomic mass is 10.2. The van der Waals surface area contributed by atoms with Gasteiger partial charge in [0.25, 0.3) is 0 Å². The van der Waals surface area contributed by atoms with Crippen molar-refractivity contribution in [2.24, 2.45) is 0 Å². The number of halogens is 4. The summed E-state index contributed by atoms with van der Waals surface area (Å²) in [6.07, 6.45) is -4.47. The van der Waals surface area contributed by atoms with Gasteiger partial charge in [-0.3, -0.25) is 4.79 Å². The maximum Gasteiger partial charge on any atom is 0.419 e. The number of urea groups is 1. The molecule has 0 heterocycles. The fourth-order valence-corrected chi connectivity index (χ4v) is 1.68. The predicted octanol–water partition coefficient (Wildman–Crippen LogP) is 3.31. The quantitative estimate of drug-likeness (QED) is 0.476. The summed E-state index contributed by atoms with van der Waals surface area (Å²) in [6, 6.07) is 1.72. The van der Waals surface area contributed by atoms with Crippen molar-refractivity contribution in [3.8, 4) is 0 Å². The molecule has 128 valence electrons. The first-order chi connectivity index (χ1) is 10.8. The predicted molar refractivity (Wildman–Crippen MR) is 74.3 cm³/mol. The monoisotopic (exact) mass is 336 g/mol. The van der Waals surface area contributed by atoms with Gasteiger partial charge in [-0.2, -0.15) is 13.2 Å². The lowest BCUT2D eigenvalue weighted by molar-refractivity contribution is -0.143. The summed E-state index contributed by atoms with van der Waals surface area (Å²) in [6.45, 7) is 2.00. The second-order valence-corrected chi connectivity index (χ2v) is 4.45. The van der Waals surface area contributed by atoms with Crippen molar-refractivity contribution in [2.45, 2.75) is 25.9 Å². The third kappa shape index (κ3) is 6.13. The van der Waals surface area contributed by atoms with Gasteiger partial charge in [0, 0.05) is 13.0 Å². The Hall–Kier alpha value is -2.32. The highest BCUT2D eigenvalue weighted by molar-refractivity contribution is 5.89. The number of benzene rings is 1. The van der Waals surface area contributed by atoms with Crippen molar-refractivity contribution in [3.05, 3.63) is 29.6 Å². The highest BCUT2D eigenvalue weighted by atomic mass is 19.4. The van der Waals surface area contributed by atoms with E-state index >= 15 is 0 Å². The Balaban J connectivity index is 2.51. The number of nitrogens with one attached hydrogen (secondary N) is 2. The van der Waals surface area contributed by atoms with Gasteiger partial charge in [0.15, 0.2) is 5.82 Å². The largest absolute Gasteiger partial charge is 0.466 e. The van der Waals surface area contributed by atoms with Crippen molar-refractivity contribution >= 4 is 17.7 Å². The Bertz CT molecular complexity index is 561. The van der Waals surface area contributed by atoms with E-state index in [0.717, 1.165) is 12.1 Å². The van der Waals surface area contributed by atoms with E-state index in [1.54, 1.807) is 6.92 Å². The van der Waals surface area contributed by atoms with Gasteiger partial charge in [-0.05, 0) is 25.5 Å². The molecule has 23 heavy (non-hydrogen) atoms. The lowest BCUT2D eigenvalue weighted by Gasteiger charge is -2.12. The minimum Gasteiger partial charge on any atom is -0.466 e. The van der Waals surface area contributed by atoms with Crippen LogP contribution in [-0.2, 0) is 15.7 Å². The fraction of sp³-hybridized carbons (Fsp3) is 0.429. The number of carbonyl (C=O) groups is 2. The number of hydrogen-bond donors (Lipinski definition) is 2. The van der Waals surface area contributed by atoms with E-state index in [1.807, 2.05) is 5.32 Å². The second kappa shape index (κ2) is 8.35. The molecule has 0 saturated heterocycles. The molecule has 0 atom stereocenters. The lowest BCUT2D eigenvalue weighted by Crippen LogP contribution is -2.30. The van der Waals surface area contributed by atoms with Crippen LogP contribution in [0.1, 0.15) is 25.3 Å². The first-order valence-corrected chi connectivity index (χ1v) is 6.82. The van der Waals surface area contributed by atoms with Gasteiger partial charge in [-0.15, -0.1) is 0 Å². The van der Waals surface area contributed by atoms with Crippen molar-refractivity contribution < 1.29 is 31.9 Å². The van der Waals surface area contributed by atoms with Crippen LogP contribution in [0.2, 0.25) is 0 Å². The average molecular weight is 336 g/mol. The summed E-state index contributed by atoms with van der Waals surface area (Å²) in [5.74, 6) is -1.97. The highest BCUT2D eigenvalue weighted by Gasteiger charge is 2.35. The van der Waals surface area contributed by atoms with Crippen LogP contribution in [0.3, 0.4) is 0 Å². The molecule has 5 nitrogen and oxygen atoms in total. The maximum atomic E-state index is 13.7. The second-order valence-electron chi connectivity index (χ2n) is 4.45. The minimum atomic E-state index is -4.85. The maximum absolute atomic E-state index is 13.7. The first kappa shape index (κ1) is 18.7. The Morgan fingerprint density at radius 2 is 1.96 bits per heavy atom. The average Bonchev–Trinajstić information content (AvgIpc) is 2.45. The number of rotatable bonds is 6. The van der Waals surface area contributed by atoms with E-state index in [9.17, 15) is 27.2 Å². The van der Waals surface area contributed by atoms with Gasteiger partial charge >= 0.3 is 18.2 Å². The van der Waals surface area contributed by atoms with Crippen LogP contribution >= 0.6 is 0 Å². The molecule has 0 fully saturated rings. The van der Waals surface area contributed by atoms with Gasteiger partial charge < -0.3 is 15.4 Å². The molecule has 0 bridgehead atoms. The molecule has 0 saturated carbocycles. The molecule has 2 N–H and O–H groups in total. The van der Waals surface area contributed by atoms with Gasteiger partial charge in [0.2, 0.25) is 0 Å². The Labute approximate surface area is 130 Å². The molecule has 9 heteroatoms. The summed E-state index contributed by atoms with van der Waals surface area (Å²) < 4.78 is 56.0. The molecule has 0 aliphatic carbocycles. The molecular formula is C14H16F4N2O3. The number of anilines is 1. The minimum absolute atomic E-state index is 0.0885. The van der Waals surface area contributed by atoms with E-state index in [4.69, 9.17) is 0 Å². The third-order valence-corrected chi connectivity index (χ3v) is 2.70. The molecule has 0 spiro atoms. The number of alkyl halides is 3. The molecule has 1 aromatic rings. The number of hydrogen-bond acceptors (Lipinski definition) is 3. The van der Waals surface area contributed by atoms with Crippen LogP contribution in [0.25, 0.3) is 0 Å². The third-order valence-electron chi connectivity index (χ3n) is 2.70.